The van der Waals surface area contributed by atoms with Gasteiger partial charge >= 0.3 is 0 Å². The minimum Gasteiger partial charge on any atom is -0.391 e. The Morgan fingerprint density at radius 2 is 2.00 bits per heavy atom. The standard InChI is InChI=1S/C9H11Cl2NO/c1-5(13)9(12)7-4-6(10)2-3-8(7)11/h2-5,9,13H,12H2,1H3. The van der Waals surface area contributed by atoms with Gasteiger partial charge in [-0.05, 0) is 30.7 Å². The topological polar surface area (TPSA) is 46.2 Å². The molecule has 1 aromatic rings. The molecular formula is C9H11Cl2NO. The summed E-state index contributed by atoms with van der Waals surface area (Å²) in [6.45, 7) is 1.61. The molecule has 0 radical (unpaired) electrons. The predicted octanol–water partition coefficient (Wildman–Crippen LogP) is 2.37. The minimum atomic E-state index is -0.643. The second-order valence-corrected chi connectivity index (χ2v) is 3.78. The van der Waals surface area contributed by atoms with Crippen LogP contribution in [-0.2, 0) is 0 Å². The monoisotopic (exact) mass is 219 g/mol. The summed E-state index contributed by atoms with van der Waals surface area (Å²) in [5, 5.41) is 10.4. The van der Waals surface area contributed by atoms with Gasteiger partial charge in [-0.2, -0.15) is 0 Å². The first kappa shape index (κ1) is 10.8. The smallest absolute Gasteiger partial charge is 0.0705 e. The molecule has 3 N–H and O–H groups in total. The fraction of sp³-hybridized carbons (Fsp3) is 0.333. The first-order valence-corrected chi connectivity index (χ1v) is 4.66. The van der Waals surface area contributed by atoms with E-state index in [1.54, 1.807) is 25.1 Å². The Morgan fingerprint density at radius 1 is 1.38 bits per heavy atom. The summed E-state index contributed by atoms with van der Waals surface area (Å²) in [6, 6.07) is 4.52. The second kappa shape index (κ2) is 4.29. The van der Waals surface area contributed by atoms with Crippen LogP contribution in [0.3, 0.4) is 0 Å². The van der Waals surface area contributed by atoms with Crippen LogP contribution in [0.1, 0.15) is 18.5 Å². The highest BCUT2D eigenvalue weighted by Crippen LogP contribution is 2.26. The van der Waals surface area contributed by atoms with Gasteiger partial charge < -0.3 is 10.8 Å². The lowest BCUT2D eigenvalue weighted by atomic mass is 10.0. The summed E-state index contributed by atoms with van der Waals surface area (Å²) >= 11 is 11.7. The molecule has 0 saturated heterocycles. The normalized spacial score (nSPS) is 15.5. The molecule has 0 aromatic heterocycles. The maximum absolute atomic E-state index is 9.26. The highest BCUT2D eigenvalue weighted by Gasteiger charge is 2.15. The lowest BCUT2D eigenvalue weighted by molar-refractivity contribution is 0.164. The highest BCUT2D eigenvalue weighted by atomic mass is 35.5. The van der Waals surface area contributed by atoms with E-state index in [1.165, 1.54) is 0 Å². The fourth-order valence-corrected chi connectivity index (χ4v) is 1.45. The Bertz CT molecular complexity index is 302. The summed E-state index contributed by atoms with van der Waals surface area (Å²) in [5.74, 6) is 0. The number of rotatable bonds is 2. The number of aliphatic hydroxyl groups excluding tert-OH is 1. The van der Waals surface area contributed by atoms with Crippen LogP contribution in [0.25, 0.3) is 0 Å². The van der Waals surface area contributed by atoms with Crippen molar-refractivity contribution in [2.24, 2.45) is 5.73 Å². The number of hydrogen-bond donors (Lipinski definition) is 2. The average molecular weight is 220 g/mol. The van der Waals surface area contributed by atoms with Crippen molar-refractivity contribution in [1.82, 2.24) is 0 Å². The summed E-state index contributed by atoms with van der Waals surface area (Å²) in [7, 11) is 0. The van der Waals surface area contributed by atoms with Gasteiger partial charge in [-0.3, -0.25) is 0 Å². The van der Waals surface area contributed by atoms with Crippen molar-refractivity contribution in [2.75, 3.05) is 0 Å². The van der Waals surface area contributed by atoms with E-state index in [0.717, 1.165) is 0 Å². The number of benzene rings is 1. The molecule has 13 heavy (non-hydrogen) atoms. The third-order valence-electron chi connectivity index (χ3n) is 1.84. The van der Waals surface area contributed by atoms with Crippen LogP contribution >= 0.6 is 23.2 Å². The van der Waals surface area contributed by atoms with E-state index in [2.05, 4.69) is 0 Å². The molecule has 0 heterocycles. The zero-order valence-electron chi connectivity index (χ0n) is 7.17. The molecule has 4 heteroatoms. The average Bonchev–Trinajstić information content (AvgIpc) is 2.08. The molecule has 0 aliphatic heterocycles. The molecule has 2 atom stereocenters. The fourth-order valence-electron chi connectivity index (χ4n) is 1.03. The van der Waals surface area contributed by atoms with Crippen molar-refractivity contribution < 1.29 is 5.11 Å². The zero-order valence-corrected chi connectivity index (χ0v) is 8.68. The summed E-state index contributed by atoms with van der Waals surface area (Å²) < 4.78 is 0. The zero-order chi connectivity index (χ0) is 10.0. The Morgan fingerprint density at radius 3 is 2.54 bits per heavy atom. The third kappa shape index (κ3) is 2.58. The molecule has 0 spiro atoms. The highest BCUT2D eigenvalue weighted by molar-refractivity contribution is 6.33. The van der Waals surface area contributed by atoms with Crippen molar-refractivity contribution in [3.8, 4) is 0 Å². The Labute approximate surface area is 87.3 Å². The van der Waals surface area contributed by atoms with Crippen LogP contribution in [0.4, 0.5) is 0 Å². The lowest BCUT2D eigenvalue weighted by Gasteiger charge is -2.16. The first-order valence-electron chi connectivity index (χ1n) is 3.91. The minimum absolute atomic E-state index is 0.494. The molecule has 1 aromatic carbocycles. The number of halogens is 2. The number of aliphatic hydroxyl groups is 1. The molecule has 2 nitrogen and oxygen atoms in total. The van der Waals surface area contributed by atoms with Crippen molar-refractivity contribution in [1.29, 1.82) is 0 Å². The van der Waals surface area contributed by atoms with Gasteiger partial charge in [0.25, 0.3) is 0 Å². The summed E-state index contributed by atoms with van der Waals surface area (Å²) in [4.78, 5) is 0. The van der Waals surface area contributed by atoms with E-state index in [4.69, 9.17) is 28.9 Å². The number of nitrogens with two attached hydrogens (primary N) is 1. The Kier molecular flexibility index (Phi) is 3.56. The molecule has 1 rings (SSSR count). The number of hydrogen-bond acceptors (Lipinski definition) is 2. The molecule has 72 valence electrons. The first-order chi connectivity index (χ1) is 6.02. The van der Waals surface area contributed by atoms with E-state index in [9.17, 15) is 5.11 Å². The van der Waals surface area contributed by atoms with Crippen molar-refractivity contribution >= 4 is 23.2 Å². The van der Waals surface area contributed by atoms with Crippen LogP contribution in [0.15, 0.2) is 18.2 Å². The Hall–Kier alpha value is -0.280. The van der Waals surface area contributed by atoms with E-state index in [1.807, 2.05) is 0 Å². The van der Waals surface area contributed by atoms with Gasteiger partial charge in [0.2, 0.25) is 0 Å². The second-order valence-electron chi connectivity index (χ2n) is 2.93. The van der Waals surface area contributed by atoms with E-state index in [0.29, 0.717) is 15.6 Å². The molecule has 0 aliphatic rings. The summed E-state index contributed by atoms with van der Waals surface area (Å²) in [5.41, 5.74) is 6.38. The molecule has 0 amide bonds. The van der Waals surface area contributed by atoms with E-state index in [-0.39, 0.29) is 0 Å². The SMILES string of the molecule is CC(O)C(N)c1cc(Cl)ccc1Cl. The van der Waals surface area contributed by atoms with Gasteiger partial charge in [0.1, 0.15) is 0 Å². The quantitative estimate of drug-likeness (QED) is 0.803. The molecule has 0 fully saturated rings. The molecule has 0 bridgehead atoms. The molecular weight excluding hydrogens is 209 g/mol. The maximum atomic E-state index is 9.26. The van der Waals surface area contributed by atoms with Crippen molar-refractivity contribution in [2.45, 2.75) is 19.1 Å². The molecule has 0 aliphatic carbocycles. The largest absolute Gasteiger partial charge is 0.391 e. The molecule has 2 unspecified atom stereocenters. The van der Waals surface area contributed by atoms with Gasteiger partial charge in [0.15, 0.2) is 0 Å². The third-order valence-corrected chi connectivity index (χ3v) is 2.42. The van der Waals surface area contributed by atoms with Gasteiger partial charge in [-0.15, -0.1) is 0 Å². The van der Waals surface area contributed by atoms with Gasteiger partial charge in [0.05, 0.1) is 12.1 Å². The van der Waals surface area contributed by atoms with E-state index >= 15 is 0 Å². The predicted molar refractivity (Wildman–Crippen MR) is 55.1 cm³/mol. The van der Waals surface area contributed by atoms with Crippen LogP contribution in [0, 0.1) is 0 Å². The van der Waals surface area contributed by atoms with Crippen molar-refractivity contribution in [3.63, 3.8) is 0 Å². The van der Waals surface area contributed by atoms with Crippen LogP contribution in [-0.4, -0.2) is 11.2 Å². The van der Waals surface area contributed by atoms with Gasteiger partial charge in [-0.1, -0.05) is 23.2 Å². The lowest BCUT2D eigenvalue weighted by Crippen LogP contribution is -2.23. The van der Waals surface area contributed by atoms with Gasteiger partial charge in [-0.25, -0.2) is 0 Å². The van der Waals surface area contributed by atoms with Crippen molar-refractivity contribution in [3.05, 3.63) is 33.8 Å². The summed E-state index contributed by atoms with van der Waals surface area (Å²) in [6.07, 6.45) is -0.643. The molecule has 0 saturated carbocycles. The van der Waals surface area contributed by atoms with Crippen LogP contribution < -0.4 is 5.73 Å². The van der Waals surface area contributed by atoms with E-state index < -0.39 is 12.1 Å². The maximum Gasteiger partial charge on any atom is 0.0705 e. The van der Waals surface area contributed by atoms with Crippen LogP contribution in [0.2, 0.25) is 10.0 Å². The van der Waals surface area contributed by atoms with Crippen LogP contribution in [0.5, 0.6) is 0 Å². The van der Waals surface area contributed by atoms with Gasteiger partial charge in [0, 0.05) is 10.0 Å². The Balaban J connectivity index is 3.05.